The third kappa shape index (κ3) is 6.04. The van der Waals surface area contributed by atoms with Crippen LogP contribution in [0.25, 0.3) is 0 Å². The van der Waals surface area contributed by atoms with E-state index >= 15 is 0 Å². The number of rotatable bonds is 9. The molecular weight excluding hydrogens is 344 g/mol. The van der Waals surface area contributed by atoms with E-state index < -0.39 is 17.9 Å². The zero-order valence-corrected chi connectivity index (χ0v) is 14.2. The Morgan fingerprint density at radius 1 is 0.920 bits per heavy atom. The molecule has 0 saturated carbocycles. The number of benzene rings is 2. The van der Waals surface area contributed by atoms with Gasteiger partial charge in [-0.1, -0.05) is 18.2 Å². The van der Waals surface area contributed by atoms with E-state index in [2.05, 4.69) is 12.6 Å². The number of carboxylic acids is 2. The lowest BCUT2D eigenvalue weighted by molar-refractivity contribution is -0.154. The van der Waals surface area contributed by atoms with Gasteiger partial charge in [-0.3, -0.25) is 9.59 Å². The number of hydrogen-bond donors (Lipinski definition) is 3. The number of aliphatic carboxylic acids is 2. The molecule has 0 radical (unpaired) electrons. The first-order valence-corrected chi connectivity index (χ1v) is 7.99. The predicted octanol–water partition coefficient (Wildman–Crippen LogP) is 2.76. The van der Waals surface area contributed by atoms with E-state index in [9.17, 15) is 9.59 Å². The minimum atomic E-state index is -1.46. The third-order valence-corrected chi connectivity index (χ3v) is 3.68. The maximum Gasteiger partial charge on any atom is 0.318 e. The highest BCUT2D eigenvalue weighted by atomic mass is 32.1. The first kappa shape index (κ1) is 18.7. The molecule has 0 fully saturated rings. The normalized spacial score (nSPS) is 10.5. The van der Waals surface area contributed by atoms with Crippen LogP contribution >= 0.6 is 12.6 Å². The topological polar surface area (TPSA) is 93.1 Å². The fourth-order valence-corrected chi connectivity index (χ4v) is 2.34. The van der Waals surface area contributed by atoms with Crippen molar-refractivity contribution in [2.75, 3.05) is 13.2 Å². The summed E-state index contributed by atoms with van der Waals surface area (Å²) < 4.78 is 11.1. The minimum absolute atomic E-state index is 0.0753. The molecule has 6 nitrogen and oxygen atoms in total. The molecule has 25 heavy (non-hydrogen) atoms. The molecule has 0 aliphatic rings. The maximum atomic E-state index is 10.9. The van der Waals surface area contributed by atoms with Crippen molar-refractivity contribution in [1.82, 2.24) is 0 Å². The summed E-state index contributed by atoms with van der Waals surface area (Å²) in [4.78, 5) is 22.6. The third-order valence-electron chi connectivity index (χ3n) is 3.40. The summed E-state index contributed by atoms with van der Waals surface area (Å²) in [6, 6.07) is 14.0. The predicted molar refractivity (Wildman–Crippen MR) is 93.6 cm³/mol. The number of carbonyl (C=O) groups is 2. The molecule has 2 N–H and O–H groups in total. The highest BCUT2D eigenvalue weighted by Crippen LogP contribution is 2.17. The molecule has 2 rings (SSSR count). The van der Waals surface area contributed by atoms with Crippen molar-refractivity contribution in [2.24, 2.45) is 5.92 Å². The lowest BCUT2D eigenvalue weighted by atomic mass is 10.00. The Hall–Kier alpha value is -2.67. The van der Waals surface area contributed by atoms with Crippen LogP contribution in [0, 0.1) is 5.92 Å². The lowest BCUT2D eigenvalue weighted by Gasteiger charge is -2.10. The van der Waals surface area contributed by atoms with Gasteiger partial charge in [-0.15, -0.1) is 12.6 Å². The van der Waals surface area contributed by atoms with E-state index in [1.807, 2.05) is 18.2 Å². The number of thiol groups is 1. The van der Waals surface area contributed by atoms with Crippen molar-refractivity contribution in [1.29, 1.82) is 0 Å². The molecule has 0 aliphatic carbocycles. The Balaban J connectivity index is 1.80. The number of ether oxygens (including phenoxy) is 2. The zero-order chi connectivity index (χ0) is 18.2. The fourth-order valence-electron chi connectivity index (χ4n) is 2.13. The monoisotopic (exact) mass is 362 g/mol. The quantitative estimate of drug-likeness (QED) is 0.361. The standard InChI is InChI=1S/C18H18O6S/c19-17(20)16(18(21)22)10-12-4-6-13(7-5-12)23-8-9-24-14-2-1-3-15(25)11-14/h1-7,11,16,25H,8-10H2,(H,19,20)(H,21,22). The molecule has 0 amide bonds. The van der Waals surface area contributed by atoms with E-state index in [1.165, 1.54) is 0 Å². The van der Waals surface area contributed by atoms with E-state index in [1.54, 1.807) is 30.3 Å². The van der Waals surface area contributed by atoms with Crippen LogP contribution in [-0.4, -0.2) is 35.4 Å². The van der Waals surface area contributed by atoms with Gasteiger partial charge in [-0.2, -0.15) is 0 Å². The van der Waals surface area contributed by atoms with Gasteiger partial charge >= 0.3 is 11.9 Å². The number of hydrogen-bond acceptors (Lipinski definition) is 5. The van der Waals surface area contributed by atoms with Crippen LogP contribution in [0.1, 0.15) is 5.56 Å². The summed E-state index contributed by atoms with van der Waals surface area (Å²) in [5, 5.41) is 17.8. The summed E-state index contributed by atoms with van der Waals surface area (Å²) in [7, 11) is 0. The van der Waals surface area contributed by atoms with Crippen molar-refractivity contribution >= 4 is 24.6 Å². The SMILES string of the molecule is O=C(O)C(Cc1ccc(OCCOc2cccc(S)c2)cc1)C(=O)O. The largest absolute Gasteiger partial charge is 0.490 e. The fraction of sp³-hybridized carbons (Fsp3) is 0.222. The molecule has 0 bridgehead atoms. The zero-order valence-electron chi connectivity index (χ0n) is 13.3. The summed E-state index contributed by atoms with van der Waals surface area (Å²) >= 11 is 4.23. The molecule has 0 spiro atoms. The molecule has 0 saturated heterocycles. The molecule has 7 heteroatoms. The summed E-state index contributed by atoms with van der Waals surface area (Å²) in [6.07, 6.45) is -0.0753. The Kier molecular flexibility index (Phi) is 6.71. The van der Waals surface area contributed by atoms with Gasteiger partial charge in [0.15, 0.2) is 5.92 Å². The van der Waals surface area contributed by atoms with Crippen molar-refractivity contribution in [2.45, 2.75) is 11.3 Å². The van der Waals surface area contributed by atoms with E-state index in [-0.39, 0.29) is 6.42 Å². The summed E-state index contributed by atoms with van der Waals surface area (Å²) in [5.74, 6) is -2.86. The van der Waals surface area contributed by atoms with Crippen molar-refractivity contribution in [3.05, 3.63) is 54.1 Å². The second-order valence-corrected chi connectivity index (χ2v) is 5.79. The van der Waals surface area contributed by atoms with Crippen LogP contribution < -0.4 is 9.47 Å². The highest BCUT2D eigenvalue weighted by molar-refractivity contribution is 7.80. The average molecular weight is 362 g/mol. The van der Waals surface area contributed by atoms with Crippen LogP contribution in [0.5, 0.6) is 11.5 Å². The van der Waals surface area contributed by atoms with Crippen LogP contribution in [0.15, 0.2) is 53.4 Å². The van der Waals surface area contributed by atoms with Gasteiger partial charge in [-0.05, 0) is 42.3 Å². The summed E-state index contributed by atoms with van der Waals surface area (Å²) in [6.45, 7) is 0.697. The Morgan fingerprint density at radius 3 is 2.08 bits per heavy atom. The van der Waals surface area contributed by atoms with Gasteiger partial charge in [0, 0.05) is 4.90 Å². The minimum Gasteiger partial charge on any atom is -0.490 e. The van der Waals surface area contributed by atoms with Gasteiger partial charge in [0.2, 0.25) is 0 Å². The molecular formula is C18H18O6S. The molecule has 0 aromatic heterocycles. The number of carboxylic acid groups (broad SMARTS) is 2. The second-order valence-electron chi connectivity index (χ2n) is 5.27. The first-order chi connectivity index (χ1) is 12.0. The highest BCUT2D eigenvalue weighted by Gasteiger charge is 2.25. The lowest BCUT2D eigenvalue weighted by Crippen LogP contribution is -2.25. The van der Waals surface area contributed by atoms with Crippen molar-refractivity contribution < 1.29 is 29.3 Å². The van der Waals surface area contributed by atoms with Crippen LogP contribution in [-0.2, 0) is 16.0 Å². The van der Waals surface area contributed by atoms with E-state index in [0.717, 1.165) is 4.90 Å². The molecule has 0 aliphatic heterocycles. The van der Waals surface area contributed by atoms with Gasteiger partial charge < -0.3 is 19.7 Å². The van der Waals surface area contributed by atoms with Crippen LogP contribution in [0.3, 0.4) is 0 Å². The second kappa shape index (κ2) is 8.98. The van der Waals surface area contributed by atoms with E-state index in [4.69, 9.17) is 19.7 Å². The Labute approximate surface area is 150 Å². The smallest absolute Gasteiger partial charge is 0.318 e. The van der Waals surface area contributed by atoms with Crippen LogP contribution in [0.4, 0.5) is 0 Å². The Bertz CT molecular complexity index is 715. The van der Waals surface area contributed by atoms with Gasteiger partial charge in [-0.25, -0.2) is 0 Å². The maximum absolute atomic E-state index is 10.9. The van der Waals surface area contributed by atoms with Gasteiger partial charge in [0.1, 0.15) is 24.7 Å². The summed E-state index contributed by atoms with van der Waals surface area (Å²) in [5.41, 5.74) is 0.615. The molecule has 0 heterocycles. The molecule has 0 unspecified atom stereocenters. The van der Waals surface area contributed by atoms with Gasteiger partial charge in [0.25, 0.3) is 0 Å². The van der Waals surface area contributed by atoms with Gasteiger partial charge in [0.05, 0.1) is 0 Å². The molecule has 0 atom stereocenters. The van der Waals surface area contributed by atoms with E-state index in [0.29, 0.717) is 30.3 Å². The first-order valence-electron chi connectivity index (χ1n) is 7.55. The van der Waals surface area contributed by atoms with Crippen LogP contribution in [0.2, 0.25) is 0 Å². The average Bonchev–Trinajstić information content (AvgIpc) is 2.57. The van der Waals surface area contributed by atoms with Crippen molar-refractivity contribution in [3.63, 3.8) is 0 Å². The molecule has 132 valence electrons. The Morgan fingerprint density at radius 2 is 1.52 bits per heavy atom. The molecule has 2 aromatic rings. The van der Waals surface area contributed by atoms with Crippen molar-refractivity contribution in [3.8, 4) is 11.5 Å². The molecule has 2 aromatic carbocycles.